The van der Waals surface area contributed by atoms with Crippen molar-refractivity contribution in [3.8, 4) is 5.75 Å². The van der Waals surface area contributed by atoms with Crippen LogP contribution in [0.4, 0.5) is 10.5 Å². The molecule has 0 saturated carbocycles. The summed E-state index contributed by atoms with van der Waals surface area (Å²) in [4.78, 5) is 36.5. The van der Waals surface area contributed by atoms with Gasteiger partial charge in [-0.2, -0.15) is 0 Å². The highest BCUT2D eigenvalue weighted by molar-refractivity contribution is 5.93. The number of hydrogen-bond donors (Lipinski definition) is 3. The van der Waals surface area contributed by atoms with Crippen LogP contribution in [0, 0.1) is 5.92 Å². The predicted octanol–water partition coefficient (Wildman–Crippen LogP) is 2.70. The number of urea groups is 1. The minimum absolute atomic E-state index is 0.223. The van der Waals surface area contributed by atoms with Crippen LogP contribution in [0.1, 0.15) is 19.4 Å². The molecule has 0 aliphatic rings. The fourth-order valence-corrected chi connectivity index (χ4v) is 2.59. The Bertz CT molecular complexity index is 855. The Morgan fingerprint density at radius 1 is 1.00 bits per heavy atom. The van der Waals surface area contributed by atoms with Gasteiger partial charge in [-0.05, 0) is 35.7 Å². The average Bonchev–Trinajstić information content (AvgIpc) is 2.75. The number of ether oxygens (including phenoxy) is 2. The number of methoxy groups -OCH3 is 1. The summed E-state index contributed by atoms with van der Waals surface area (Å²) in [6, 6.07) is 14.7. The normalized spacial score (nSPS) is 11.3. The van der Waals surface area contributed by atoms with Crippen LogP contribution in [0.15, 0.2) is 54.6 Å². The number of hydrogen-bond acceptors (Lipinski definition) is 5. The van der Waals surface area contributed by atoms with Gasteiger partial charge in [-0.25, -0.2) is 9.59 Å². The third kappa shape index (κ3) is 7.46. The second-order valence-corrected chi connectivity index (χ2v) is 6.92. The van der Waals surface area contributed by atoms with Gasteiger partial charge in [-0.3, -0.25) is 4.79 Å². The molecule has 0 spiro atoms. The lowest BCUT2D eigenvalue weighted by atomic mass is 10.1. The van der Waals surface area contributed by atoms with Crippen molar-refractivity contribution in [2.45, 2.75) is 26.4 Å². The first kappa shape index (κ1) is 22.7. The summed E-state index contributed by atoms with van der Waals surface area (Å²) >= 11 is 0. The lowest BCUT2D eigenvalue weighted by molar-refractivity contribution is -0.151. The van der Waals surface area contributed by atoms with Crippen molar-refractivity contribution in [2.24, 2.45) is 5.92 Å². The summed E-state index contributed by atoms with van der Waals surface area (Å²) in [5.74, 6) is -0.654. The fraction of sp³-hybridized carbons (Fsp3) is 0.318. The summed E-state index contributed by atoms with van der Waals surface area (Å²) in [5, 5.41) is 7.91. The van der Waals surface area contributed by atoms with Crippen LogP contribution < -0.4 is 20.7 Å². The van der Waals surface area contributed by atoms with Crippen molar-refractivity contribution in [1.82, 2.24) is 10.6 Å². The SMILES string of the molecule is COc1cccc(CNC(=O)COC(=O)[C@H](NC(=O)Nc2ccccc2)C(C)C)c1. The minimum Gasteiger partial charge on any atom is -0.497 e. The van der Waals surface area contributed by atoms with Crippen LogP contribution in [0.3, 0.4) is 0 Å². The van der Waals surface area contributed by atoms with Crippen molar-refractivity contribution >= 4 is 23.6 Å². The molecule has 0 aromatic heterocycles. The zero-order valence-corrected chi connectivity index (χ0v) is 17.3. The summed E-state index contributed by atoms with van der Waals surface area (Å²) in [5.41, 5.74) is 1.45. The third-order valence-electron chi connectivity index (χ3n) is 4.21. The van der Waals surface area contributed by atoms with E-state index in [1.54, 1.807) is 57.4 Å². The van der Waals surface area contributed by atoms with E-state index in [4.69, 9.17) is 9.47 Å². The number of rotatable bonds is 9. The highest BCUT2D eigenvalue weighted by atomic mass is 16.5. The van der Waals surface area contributed by atoms with Crippen LogP contribution in [-0.4, -0.2) is 37.7 Å². The quantitative estimate of drug-likeness (QED) is 0.548. The van der Waals surface area contributed by atoms with E-state index in [1.165, 1.54) is 0 Å². The Labute approximate surface area is 175 Å². The molecule has 8 heteroatoms. The molecule has 30 heavy (non-hydrogen) atoms. The molecule has 160 valence electrons. The maximum atomic E-state index is 12.4. The fourth-order valence-electron chi connectivity index (χ4n) is 2.59. The standard InChI is InChI=1S/C22H27N3O5/c1-15(2)20(25-22(28)24-17-9-5-4-6-10-17)21(27)30-14-19(26)23-13-16-8-7-11-18(12-16)29-3/h4-12,15,20H,13-14H2,1-3H3,(H,23,26)(H2,24,25,28)/t20-/m1/s1. The van der Waals surface area contributed by atoms with Crippen LogP contribution >= 0.6 is 0 Å². The average molecular weight is 413 g/mol. The number of para-hydroxylation sites is 1. The monoisotopic (exact) mass is 413 g/mol. The molecule has 1 atom stereocenters. The zero-order valence-electron chi connectivity index (χ0n) is 17.3. The Kier molecular flexibility index (Phi) is 8.68. The number of nitrogens with one attached hydrogen (secondary N) is 3. The van der Waals surface area contributed by atoms with Gasteiger partial charge in [-0.15, -0.1) is 0 Å². The van der Waals surface area contributed by atoms with Crippen molar-refractivity contribution in [3.63, 3.8) is 0 Å². The topological polar surface area (TPSA) is 106 Å². The highest BCUT2D eigenvalue weighted by Crippen LogP contribution is 2.12. The summed E-state index contributed by atoms with van der Waals surface area (Å²) in [6.45, 7) is 3.39. The van der Waals surface area contributed by atoms with E-state index in [1.807, 2.05) is 18.2 Å². The summed E-state index contributed by atoms with van der Waals surface area (Å²) in [7, 11) is 1.57. The molecule has 2 rings (SSSR count). The Morgan fingerprint density at radius 3 is 2.40 bits per heavy atom. The lowest BCUT2D eigenvalue weighted by Crippen LogP contribution is -2.47. The number of amides is 3. The van der Waals surface area contributed by atoms with Gasteiger partial charge in [0.05, 0.1) is 7.11 Å². The highest BCUT2D eigenvalue weighted by Gasteiger charge is 2.26. The second kappa shape index (κ2) is 11.5. The van der Waals surface area contributed by atoms with Crippen molar-refractivity contribution < 1.29 is 23.9 Å². The van der Waals surface area contributed by atoms with E-state index in [0.717, 1.165) is 5.56 Å². The molecule has 8 nitrogen and oxygen atoms in total. The number of benzene rings is 2. The molecule has 3 amide bonds. The van der Waals surface area contributed by atoms with Gasteiger partial charge < -0.3 is 25.4 Å². The molecule has 0 saturated heterocycles. The number of carbonyl (C=O) groups excluding carboxylic acids is 3. The van der Waals surface area contributed by atoms with E-state index in [-0.39, 0.29) is 12.5 Å². The maximum absolute atomic E-state index is 12.4. The van der Waals surface area contributed by atoms with Gasteiger partial charge in [0, 0.05) is 12.2 Å². The van der Waals surface area contributed by atoms with Crippen molar-refractivity contribution in [1.29, 1.82) is 0 Å². The minimum atomic E-state index is -0.889. The van der Waals surface area contributed by atoms with Crippen LogP contribution in [0.2, 0.25) is 0 Å². The Morgan fingerprint density at radius 2 is 1.73 bits per heavy atom. The Hall–Kier alpha value is -3.55. The van der Waals surface area contributed by atoms with Gasteiger partial charge in [0.2, 0.25) is 0 Å². The molecule has 3 N–H and O–H groups in total. The number of anilines is 1. The number of carbonyl (C=O) groups is 3. The van der Waals surface area contributed by atoms with Gasteiger partial charge in [0.15, 0.2) is 6.61 Å². The van der Waals surface area contributed by atoms with Gasteiger partial charge >= 0.3 is 12.0 Å². The molecule has 0 aliphatic carbocycles. The molecule has 2 aromatic carbocycles. The maximum Gasteiger partial charge on any atom is 0.329 e. The lowest BCUT2D eigenvalue weighted by Gasteiger charge is -2.21. The van der Waals surface area contributed by atoms with E-state index >= 15 is 0 Å². The van der Waals surface area contributed by atoms with Crippen LogP contribution in [0.25, 0.3) is 0 Å². The van der Waals surface area contributed by atoms with Crippen LogP contribution in [-0.2, 0) is 20.9 Å². The van der Waals surface area contributed by atoms with Gasteiger partial charge in [0.1, 0.15) is 11.8 Å². The van der Waals surface area contributed by atoms with Crippen molar-refractivity contribution in [2.75, 3.05) is 19.0 Å². The molecule has 0 unspecified atom stereocenters. The molecule has 0 fully saturated rings. The van der Waals surface area contributed by atoms with Gasteiger partial charge in [0.25, 0.3) is 5.91 Å². The van der Waals surface area contributed by atoms with Gasteiger partial charge in [-0.1, -0.05) is 44.2 Å². The summed E-state index contributed by atoms with van der Waals surface area (Å²) < 4.78 is 10.2. The molecule has 0 aliphatic heterocycles. The molecule has 0 bridgehead atoms. The molecular formula is C22H27N3O5. The van der Waals surface area contributed by atoms with E-state index in [0.29, 0.717) is 11.4 Å². The summed E-state index contributed by atoms with van der Waals surface area (Å²) in [6.07, 6.45) is 0. The van der Waals surface area contributed by atoms with Crippen LogP contribution in [0.5, 0.6) is 5.75 Å². The van der Waals surface area contributed by atoms with E-state index in [9.17, 15) is 14.4 Å². The largest absolute Gasteiger partial charge is 0.497 e. The molecule has 0 heterocycles. The van der Waals surface area contributed by atoms with E-state index < -0.39 is 30.6 Å². The first-order chi connectivity index (χ1) is 14.4. The molecule has 2 aromatic rings. The molecule has 0 radical (unpaired) electrons. The van der Waals surface area contributed by atoms with Crippen molar-refractivity contribution in [3.05, 3.63) is 60.2 Å². The Balaban J connectivity index is 1.80. The predicted molar refractivity (Wildman–Crippen MR) is 113 cm³/mol. The number of esters is 1. The van der Waals surface area contributed by atoms with E-state index in [2.05, 4.69) is 16.0 Å². The first-order valence-electron chi connectivity index (χ1n) is 9.58. The zero-order chi connectivity index (χ0) is 21.9. The third-order valence-corrected chi connectivity index (χ3v) is 4.21. The smallest absolute Gasteiger partial charge is 0.329 e. The first-order valence-corrected chi connectivity index (χ1v) is 9.58. The second-order valence-electron chi connectivity index (χ2n) is 6.92. The molecular weight excluding hydrogens is 386 g/mol.